The van der Waals surface area contributed by atoms with Crippen molar-refractivity contribution in [3.8, 4) is 5.82 Å². The lowest BCUT2D eigenvalue weighted by Crippen LogP contribution is -2.54. The van der Waals surface area contributed by atoms with Crippen LogP contribution in [0.2, 0.25) is 0 Å². The second-order valence-electron chi connectivity index (χ2n) is 7.83. The minimum atomic E-state index is -0.903. The van der Waals surface area contributed by atoms with E-state index in [0.717, 1.165) is 36.1 Å². The number of hydrogen-bond donors (Lipinski definition) is 1. The molecule has 2 aromatic heterocycles. The van der Waals surface area contributed by atoms with Gasteiger partial charge in [0.2, 0.25) is 0 Å². The Bertz CT molecular complexity index is 1110. The lowest BCUT2D eigenvalue weighted by molar-refractivity contribution is 0.405. The van der Waals surface area contributed by atoms with Crippen LogP contribution in [0.15, 0.2) is 30.8 Å². The molecule has 5 nitrogen and oxygen atoms in total. The first-order valence-corrected chi connectivity index (χ1v) is 9.47. The Morgan fingerprint density at radius 3 is 2.54 bits per heavy atom. The average molecular weight is 381 g/mol. The number of benzene rings is 1. The summed E-state index contributed by atoms with van der Waals surface area (Å²) in [6.07, 6.45) is 0.616. The zero-order chi connectivity index (χ0) is 19.6. The van der Waals surface area contributed by atoms with E-state index in [1.165, 1.54) is 6.07 Å². The number of fused-ring (bicyclic) bond motifs is 5. The van der Waals surface area contributed by atoms with E-state index in [1.54, 1.807) is 4.57 Å². The number of imidazole rings is 1. The standard InChI is InChI=1S/C21H21F2N5/c1-11-6-14-4-5-19(27-9-12(2)24-13(3)10-27)26-21(14)28-18-8-16(23)15(22)7-17(18)25-20(11)28/h4-5,7-8,12-13,24H,1,6,9-10H2,2-3H3/t12-,13+. The molecule has 2 aliphatic heterocycles. The molecule has 28 heavy (non-hydrogen) atoms. The Morgan fingerprint density at radius 1 is 1.07 bits per heavy atom. The number of rotatable bonds is 1. The van der Waals surface area contributed by atoms with Crippen molar-refractivity contribution >= 4 is 22.4 Å². The average Bonchev–Trinajstić information content (AvgIpc) is 3.00. The molecule has 0 unspecified atom stereocenters. The largest absolute Gasteiger partial charge is 0.353 e. The topological polar surface area (TPSA) is 46.0 Å². The fourth-order valence-corrected chi connectivity index (χ4v) is 4.32. The molecule has 1 saturated heterocycles. The number of nitrogens with one attached hydrogen (secondary N) is 1. The summed E-state index contributed by atoms with van der Waals surface area (Å²) < 4.78 is 29.5. The smallest absolute Gasteiger partial charge is 0.161 e. The van der Waals surface area contributed by atoms with Crippen LogP contribution in [0.3, 0.4) is 0 Å². The third kappa shape index (κ3) is 2.61. The van der Waals surface area contributed by atoms with Gasteiger partial charge in [0.25, 0.3) is 0 Å². The fraction of sp³-hybridized carbons (Fsp3) is 0.333. The Morgan fingerprint density at radius 2 is 1.79 bits per heavy atom. The minimum absolute atomic E-state index is 0.364. The number of nitrogens with zero attached hydrogens (tertiary/aromatic N) is 4. The van der Waals surface area contributed by atoms with E-state index < -0.39 is 11.6 Å². The van der Waals surface area contributed by atoms with Gasteiger partial charge in [-0.05, 0) is 25.5 Å². The summed E-state index contributed by atoms with van der Waals surface area (Å²) in [4.78, 5) is 11.7. The molecule has 4 heterocycles. The number of anilines is 1. The Labute approximate surface area is 161 Å². The van der Waals surface area contributed by atoms with Crippen molar-refractivity contribution in [3.63, 3.8) is 0 Å². The number of halogens is 2. The first-order chi connectivity index (χ1) is 13.4. The van der Waals surface area contributed by atoms with Crippen molar-refractivity contribution in [2.24, 2.45) is 0 Å². The van der Waals surface area contributed by atoms with Crippen molar-refractivity contribution in [3.05, 3.63) is 53.9 Å². The molecule has 2 atom stereocenters. The summed E-state index contributed by atoms with van der Waals surface area (Å²) in [5, 5.41) is 3.52. The monoisotopic (exact) mass is 381 g/mol. The maximum absolute atomic E-state index is 14.0. The van der Waals surface area contributed by atoms with Gasteiger partial charge >= 0.3 is 0 Å². The van der Waals surface area contributed by atoms with E-state index in [0.29, 0.717) is 41.2 Å². The van der Waals surface area contributed by atoms with Gasteiger partial charge in [-0.25, -0.2) is 18.7 Å². The predicted octanol–water partition coefficient (Wildman–Crippen LogP) is 3.45. The summed E-state index contributed by atoms with van der Waals surface area (Å²) in [7, 11) is 0. The zero-order valence-corrected chi connectivity index (χ0v) is 15.8. The lowest BCUT2D eigenvalue weighted by Gasteiger charge is -2.37. The molecule has 0 aliphatic carbocycles. The van der Waals surface area contributed by atoms with Crippen molar-refractivity contribution in [2.75, 3.05) is 18.0 Å². The van der Waals surface area contributed by atoms with Crippen LogP contribution < -0.4 is 10.2 Å². The van der Waals surface area contributed by atoms with Crippen molar-refractivity contribution in [1.82, 2.24) is 19.9 Å². The highest BCUT2D eigenvalue weighted by molar-refractivity contribution is 5.84. The van der Waals surface area contributed by atoms with Crippen LogP contribution in [0.4, 0.5) is 14.6 Å². The lowest BCUT2D eigenvalue weighted by atomic mass is 10.0. The van der Waals surface area contributed by atoms with Gasteiger partial charge in [0, 0.05) is 49.3 Å². The van der Waals surface area contributed by atoms with Gasteiger partial charge in [0.05, 0.1) is 11.0 Å². The van der Waals surface area contributed by atoms with Gasteiger partial charge in [0.1, 0.15) is 17.5 Å². The highest BCUT2D eigenvalue weighted by Crippen LogP contribution is 2.35. The van der Waals surface area contributed by atoms with Crippen LogP contribution in [-0.4, -0.2) is 39.7 Å². The molecule has 7 heteroatoms. The Kier molecular flexibility index (Phi) is 3.77. The maximum Gasteiger partial charge on any atom is 0.161 e. The number of aromatic nitrogens is 3. The van der Waals surface area contributed by atoms with Gasteiger partial charge in [-0.1, -0.05) is 12.6 Å². The fourth-order valence-electron chi connectivity index (χ4n) is 4.32. The molecule has 2 aliphatic rings. The Hall–Kier alpha value is -2.80. The summed E-state index contributed by atoms with van der Waals surface area (Å²) in [6.45, 7) is 10.1. The first-order valence-electron chi connectivity index (χ1n) is 9.47. The normalized spacial score (nSPS) is 21.7. The molecular formula is C21H21F2N5. The van der Waals surface area contributed by atoms with Crippen LogP contribution in [-0.2, 0) is 6.42 Å². The van der Waals surface area contributed by atoms with Gasteiger partial charge in [-0.2, -0.15) is 0 Å². The summed E-state index contributed by atoms with van der Waals surface area (Å²) in [5.74, 6) is 0.404. The number of pyridine rings is 1. The van der Waals surface area contributed by atoms with Crippen LogP contribution in [0.25, 0.3) is 22.4 Å². The molecule has 0 bridgehead atoms. The molecule has 1 fully saturated rings. The Balaban J connectivity index is 1.68. The van der Waals surface area contributed by atoms with Gasteiger partial charge in [-0.3, -0.25) is 4.57 Å². The summed E-state index contributed by atoms with van der Waals surface area (Å²) >= 11 is 0. The van der Waals surface area contributed by atoms with Crippen molar-refractivity contribution in [1.29, 1.82) is 0 Å². The number of hydrogen-bond acceptors (Lipinski definition) is 4. The SMILES string of the molecule is C=C1Cc2ccc(N3C[C@@H](C)N[C@@H](C)C3)nc2-n2c1nc1cc(F)c(F)cc12. The van der Waals surface area contributed by atoms with E-state index >= 15 is 0 Å². The summed E-state index contributed by atoms with van der Waals surface area (Å²) in [6, 6.07) is 7.13. The van der Waals surface area contributed by atoms with E-state index in [4.69, 9.17) is 4.98 Å². The first kappa shape index (κ1) is 17.3. The van der Waals surface area contributed by atoms with E-state index in [-0.39, 0.29) is 0 Å². The van der Waals surface area contributed by atoms with Crippen LogP contribution >= 0.6 is 0 Å². The molecular weight excluding hydrogens is 360 g/mol. The van der Waals surface area contributed by atoms with Crippen LogP contribution in [0, 0.1) is 11.6 Å². The highest BCUT2D eigenvalue weighted by atomic mass is 19.2. The third-order valence-electron chi connectivity index (χ3n) is 5.45. The quantitative estimate of drug-likeness (QED) is 0.701. The van der Waals surface area contributed by atoms with Gasteiger partial charge in [0.15, 0.2) is 11.6 Å². The molecule has 144 valence electrons. The molecule has 1 N–H and O–H groups in total. The van der Waals surface area contributed by atoms with Gasteiger partial charge in [-0.15, -0.1) is 0 Å². The predicted molar refractivity (Wildman–Crippen MR) is 106 cm³/mol. The van der Waals surface area contributed by atoms with E-state index in [1.807, 2.05) is 6.07 Å². The highest BCUT2D eigenvalue weighted by Gasteiger charge is 2.27. The third-order valence-corrected chi connectivity index (χ3v) is 5.45. The van der Waals surface area contributed by atoms with Crippen LogP contribution in [0.5, 0.6) is 0 Å². The molecule has 0 spiro atoms. The number of allylic oxidation sites excluding steroid dienone is 1. The van der Waals surface area contributed by atoms with E-state index in [2.05, 4.69) is 41.7 Å². The molecule has 0 amide bonds. The minimum Gasteiger partial charge on any atom is -0.353 e. The molecule has 0 radical (unpaired) electrons. The van der Waals surface area contributed by atoms with Crippen molar-refractivity contribution < 1.29 is 8.78 Å². The second kappa shape index (κ2) is 6.10. The maximum atomic E-state index is 14.0. The van der Waals surface area contributed by atoms with Crippen molar-refractivity contribution in [2.45, 2.75) is 32.4 Å². The molecule has 3 aromatic rings. The molecule has 0 saturated carbocycles. The number of piperazine rings is 1. The van der Waals surface area contributed by atoms with Crippen LogP contribution in [0.1, 0.15) is 25.2 Å². The summed E-state index contributed by atoms with van der Waals surface area (Å²) in [5.41, 5.74) is 2.72. The van der Waals surface area contributed by atoms with Gasteiger partial charge < -0.3 is 10.2 Å². The second-order valence-corrected chi connectivity index (χ2v) is 7.83. The van der Waals surface area contributed by atoms with E-state index in [9.17, 15) is 8.78 Å². The molecule has 5 rings (SSSR count). The zero-order valence-electron chi connectivity index (χ0n) is 15.8. The molecule has 1 aromatic carbocycles.